The molecule has 0 atom stereocenters. The predicted molar refractivity (Wildman–Crippen MR) is 87.1 cm³/mol. The summed E-state index contributed by atoms with van der Waals surface area (Å²) < 4.78 is 0. The van der Waals surface area contributed by atoms with Gasteiger partial charge >= 0.3 is 5.69 Å². The number of hydrogen-bond acceptors (Lipinski definition) is 5. The van der Waals surface area contributed by atoms with Gasteiger partial charge in [-0.15, -0.1) is 0 Å². The third kappa shape index (κ3) is 2.87. The summed E-state index contributed by atoms with van der Waals surface area (Å²) >= 11 is 0. The highest BCUT2D eigenvalue weighted by molar-refractivity contribution is 5.94. The normalized spacial score (nSPS) is 17.3. The second-order valence-corrected chi connectivity index (χ2v) is 6.20. The lowest BCUT2D eigenvalue weighted by Gasteiger charge is -2.34. The van der Waals surface area contributed by atoms with Gasteiger partial charge in [0.1, 0.15) is 5.69 Å². The Morgan fingerprint density at radius 1 is 1.36 bits per heavy atom. The van der Waals surface area contributed by atoms with Crippen LogP contribution in [0.4, 0.5) is 11.4 Å². The van der Waals surface area contributed by atoms with Crippen molar-refractivity contribution in [3.63, 3.8) is 0 Å². The van der Waals surface area contributed by atoms with Crippen LogP contribution in [0.15, 0.2) is 30.5 Å². The van der Waals surface area contributed by atoms with Crippen LogP contribution in [0.2, 0.25) is 0 Å². The standard InChI is InChI=1S/C16H20N4O2/c1-16(6-9-17-10-7-16)11-19-14-5-4-13-12(3-2-8-18-13)15(14)20(21)22/h2-5,8,17,19H,6-7,9-11H2,1H3. The van der Waals surface area contributed by atoms with Crippen molar-refractivity contribution in [1.29, 1.82) is 0 Å². The fourth-order valence-electron chi connectivity index (χ4n) is 2.99. The Balaban J connectivity index is 1.90. The van der Waals surface area contributed by atoms with Crippen LogP contribution in [0.25, 0.3) is 10.9 Å². The van der Waals surface area contributed by atoms with E-state index in [-0.39, 0.29) is 16.0 Å². The minimum Gasteiger partial charge on any atom is -0.379 e. The first-order valence-corrected chi connectivity index (χ1v) is 7.56. The van der Waals surface area contributed by atoms with E-state index in [1.54, 1.807) is 24.4 Å². The molecule has 1 aromatic heterocycles. The number of nitrogens with zero attached hydrogens (tertiary/aromatic N) is 2. The maximum atomic E-state index is 11.5. The molecule has 6 heteroatoms. The van der Waals surface area contributed by atoms with Crippen molar-refractivity contribution >= 4 is 22.3 Å². The number of hydrogen-bond donors (Lipinski definition) is 2. The van der Waals surface area contributed by atoms with Crippen molar-refractivity contribution in [1.82, 2.24) is 10.3 Å². The van der Waals surface area contributed by atoms with Crippen molar-refractivity contribution in [2.24, 2.45) is 5.41 Å². The van der Waals surface area contributed by atoms with Gasteiger partial charge in [0.15, 0.2) is 0 Å². The van der Waals surface area contributed by atoms with E-state index in [1.807, 2.05) is 6.07 Å². The Morgan fingerprint density at radius 2 is 2.14 bits per heavy atom. The molecule has 3 rings (SSSR count). The van der Waals surface area contributed by atoms with Crippen molar-refractivity contribution in [3.8, 4) is 0 Å². The van der Waals surface area contributed by atoms with Crippen LogP contribution in [0.1, 0.15) is 19.8 Å². The lowest BCUT2D eigenvalue weighted by molar-refractivity contribution is -0.382. The molecule has 0 unspecified atom stereocenters. The molecule has 0 amide bonds. The number of anilines is 1. The molecular weight excluding hydrogens is 280 g/mol. The third-order valence-corrected chi connectivity index (χ3v) is 4.46. The second kappa shape index (κ2) is 5.88. The summed E-state index contributed by atoms with van der Waals surface area (Å²) in [6.45, 7) is 4.97. The molecule has 2 heterocycles. The summed E-state index contributed by atoms with van der Waals surface area (Å²) in [5.74, 6) is 0. The lowest BCUT2D eigenvalue weighted by atomic mass is 9.81. The first kappa shape index (κ1) is 14.7. The van der Waals surface area contributed by atoms with Gasteiger partial charge in [0.2, 0.25) is 0 Å². The van der Waals surface area contributed by atoms with Gasteiger partial charge in [-0.3, -0.25) is 15.1 Å². The molecule has 1 aliphatic rings. The zero-order valence-electron chi connectivity index (χ0n) is 12.6. The molecule has 116 valence electrons. The lowest BCUT2D eigenvalue weighted by Crippen LogP contribution is -2.39. The Labute approximate surface area is 129 Å². The van der Waals surface area contributed by atoms with Crippen LogP contribution < -0.4 is 10.6 Å². The maximum Gasteiger partial charge on any atom is 0.301 e. The van der Waals surface area contributed by atoms with Crippen molar-refractivity contribution in [2.75, 3.05) is 25.0 Å². The summed E-state index contributed by atoms with van der Waals surface area (Å²) in [7, 11) is 0. The van der Waals surface area contributed by atoms with E-state index < -0.39 is 0 Å². The molecule has 0 spiro atoms. The van der Waals surface area contributed by atoms with E-state index in [4.69, 9.17) is 0 Å². The number of aromatic nitrogens is 1. The van der Waals surface area contributed by atoms with E-state index in [0.29, 0.717) is 16.6 Å². The summed E-state index contributed by atoms with van der Waals surface area (Å²) in [4.78, 5) is 15.4. The highest BCUT2D eigenvalue weighted by Crippen LogP contribution is 2.34. The summed E-state index contributed by atoms with van der Waals surface area (Å²) in [5.41, 5.74) is 1.50. The van der Waals surface area contributed by atoms with Crippen LogP contribution in [-0.4, -0.2) is 29.5 Å². The zero-order valence-corrected chi connectivity index (χ0v) is 12.6. The smallest absolute Gasteiger partial charge is 0.301 e. The molecular formula is C16H20N4O2. The number of rotatable bonds is 4. The molecule has 2 N–H and O–H groups in total. The molecule has 1 fully saturated rings. The number of benzene rings is 1. The fourth-order valence-corrected chi connectivity index (χ4v) is 2.99. The molecule has 1 aliphatic heterocycles. The van der Waals surface area contributed by atoms with Gasteiger partial charge in [0.25, 0.3) is 0 Å². The van der Waals surface area contributed by atoms with Crippen LogP contribution in [0, 0.1) is 15.5 Å². The average Bonchev–Trinajstić information content (AvgIpc) is 2.53. The van der Waals surface area contributed by atoms with Gasteiger partial charge in [-0.25, -0.2) is 0 Å². The number of nitrogens with one attached hydrogen (secondary N) is 2. The Hall–Kier alpha value is -2.21. The van der Waals surface area contributed by atoms with Gasteiger partial charge in [-0.2, -0.15) is 0 Å². The van der Waals surface area contributed by atoms with Crippen LogP contribution >= 0.6 is 0 Å². The Kier molecular flexibility index (Phi) is 3.94. The van der Waals surface area contributed by atoms with Gasteiger partial charge in [0, 0.05) is 12.7 Å². The average molecular weight is 300 g/mol. The van der Waals surface area contributed by atoms with Crippen LogP contribution in [0.3, 0.4) is 0 Å². The largest absolute Gasteiger partial charge is 0.379 e. The molecule has 0 radical (unpaired) electrons. The molecule has 2 aromatic rings. The van der Waals surface area contributed by atoms with Gasteiger partial charge in [-0.05, 0) is 55.6 Å². The second-order valence-electron chi connectivity index (χ2n) is 6.20. The number of nitro groups is 1. The summed E-state index contributed by atoms with van der Waals surface area (Å²) in [6, 6.07) is 7.07. The highest BCUT2D eigenvalue weighted by atomic mass is 16.6. The molecule has 0 aliphatic carbocycles. The van der Waals surface area contributed by atoms with Crippen molar-refractivity contribution in [3.05, 3.63) is 40.6 Å². The first-order chi connectivity index (χ1) is 10.6. The van der Waals surface area contributed by atoms with E-state index in [1.165, 1.54) is 0 Å². The molecule has 22 heavy (non-hydrogen) atoms. The number of pyridine rings is 1. The predicted octanol–water partition coefficient (Wildman–Crippen LogP) is 2.94. The number of piperidine rings is 1. The van der Waals surface area contributed by atoms with Crippen LogP contribution in [-0.2, 0) is 0 Å². The fraction of sp³-hybridized carbons (Fsp3) is 0.438. The van der Waals surface area contributed by atoms with E-state index in [0.717, 1.165) is 32.5 Å². The van der Waals surface area contributed by atoms with Gasteiger partial charge in [-0.1, -0.05) is 6.92 Å². The van der Waals surface area contributed by atoms with Crippen molar-refractivity contribution < 1.29 is 4.92 Å². The number of nitro benzene ring substituents is 1. The van der Waals surface area contributed by atoms with Crippen LogP contribution in [0.5, 0.6) is 0 Å². The zero-order chi connectivity index (χ0) is 15.6. The van der Waals surface area contributed by atoms with Crippen molar-refractivity contribution in [2.45, 2.75) is 19.8 Å². The van der Waals surface area contributed by atoms with E-state index in [9.17, 15) is 10.1 Å². The molecule has 1 aromatic carbocycles. The first-order valence-electron chi connectivity index (χ1n) is 7.56. The quantitative estimate of drug-likeness (QED) is 0.670. The Bertz CT molecular complexity index is 696. The minimum atomic E-state index is -0.322. The highest BCUT2D eigenvalue weighted by Gasteiger charge is 2.28. The topological polar surface area (TPSA) is 80.1 Å². The van der Waals surface area contributed by atoms with Gasteiger partial charge in [0.05, 0.1) is 15.8 Å². The maximum absolute atomic E-state index is 11.5. The molecule has 0 bridgehead atoms. The molecule has 1 saturated heterocycles. The molecule has 0 saturated carbocycles. The summed E-state index contributed by atoms with van der Waals surface area (Å²) in [6.07, 6.45) is 3.79. The Morgan fingerprint density at radius 3 is 2.86 bits per heavy atom. The molecule has 6 nitrogen and oxygen atoms in total. The number of fused-ring (bicyclic) bond motifs is 1. The third-order valence-electron chi connectivity index (χ3n) is 4.46. The SMILES string of the molecule is CC1(CNc2ccc3ncccc3c2[N+](=O)[O-])CCNCC1. The van der Waals surface area contributed by atoms with E-state index >= 15 is 0 Å². The minimum absolute atomic E-state index is 0.114. The summed E-state index contributed by atoms with van der Waals surface area (Å²) in [5, 5.41) is 18.7. The monoisotopic (exact) mass is 300 g/mol. The van der Waals surface area contributed by atoms with Gasteiger partial charge < -0.3 is 10.6 Å². The van der Waals surface area contributed by atoms with E-state index in [2.05, 4.69) is 22.5 Å².